The Bertz CT molecular complexity index is 759. The summed E-state index contributed by atoms with van der Waals surface area (Å²) < 4.78 is 27.0. The molecule has 2 atom stereocenters. The Balaban J connectivity index is 1.45. The molecule has 0 radical (unpaired) electrons. The average Bonchev–Trinajstić information content (AvgIpc) is 3.13. The molecule has 2 aliphatic heterocycles. The van der Waals surface area contributed by atoms with Crippen molar-refractivity contribution in [2.75, 3.05) is 39.3 Å². The highest BCUT2D eigenvalue weighted by Crippen LogP contribution is 2.45. The molecule has 0 bridgehead atoms. The Morgan fingerprint density at radius 1 is 1.08 bits per heavy atom. The molecule has 26 heavy (non-hydrogen) atoms. The number of piperazine rings is 1. The van der Waals surface area contributed by atoms with Crippen LogP contribution in [0.3, 0.4) is 0 Å². The smallest absolute Gasteiger partial charge is 0.243 e. The second kappa shape index (κ2) is 6.94. The lowest BCUT2D eigenvalue weighted by molar-refractivity contribution is -0.146. The Hall–Kier alpha value is -1.44. The predicted octanol–water partition coefficient (Wildman–Crippen LogP) is 1.30. The van der Waals surface area contributed by atoms with Gasteiger partial charge in [-0.1, -0.05) is 31.0 Å². The largest absolute Gasteiger partial charge is 0.340 e. The molecule has 142 valence electrons. The zero-order chi connectivity index (χ0) is 18.2. The van der Waals surface area contributed by atoms with E-state index in [9.17, 15) is 13.2 Å². The lowest BCUT2D eigenvalue weighted by Crippen LogP contribution is -2.56. The van der Waals surface area contributed by atoms with Gasteiger partial charge in [0.25, 0.3) is 0 Å². The van der Waals surface area contributed by atoms with Crippen molar-refractivity contribution in [3.8, 4) is 0 Å². The molecule has 3 aliphatic rings. The average molecular weight is 378 g/mol. The summed E-state index contributed by atoms with van der Waals surface area (Å²) >= 11 is 0. The first-order valence-electron chi connectivity index (χ1n) is 9.59. The third-order valence-corrected chi connectivity index (χ3v) is 8.28. The molecule has 0 unspecified atom stereocenters. The van der Waals surface area contributed by atoms with Gasteiger partial charge < -0.3 is 10.2 Å². The van der Waals surface area contributed by atoms with Crippen molar-refractivity contribution in [3.63, 3.8) is 0 Å². The summed E-state index contributed by atoms with van der Waals surface area (Å²) in [6, 6.07) is 8.54. The Kier molecular flexibility index (Phi) is 4.79. The normalized spacial score (nSPS) is 30.2. The van der Waals surface area contributed by atoms with Gasteiger partial charge in [-0.2, -0.15) is 4.31 Å². The number of carbonyl (C=O) groups excluding carboxylic acids is 1. The summed E-state index contributed by atoms with van der Waals surface area (Å²) in [5, 5.41) is 3.43. The van der Waals surface area contributed by atoms with Crippen LogP contribution in [0.4, 0.5) is 0 Å². The molecule has 2 saturated heterocycles. The fraction of sp³-hybridized carbons (Fsp3) is 0.632. The number of hydrogen-bond acceptors (Lipinski definition) is 4. The molecule has 3 fully saturated rings. The molecule has 0 spiro atoms. The molecule has 1 N–H and O–H groups in total. The molecule has 0 aromatic heterocycles. The van der Waals surface area contributed by atoms with Crippen LogP contribution in [0.1, 0.15) is 25.7 Å². The fourth-order valence-corrected chi connectivity index (χ4v) is 6.30. The minimum absolute atomic E-state index is 0.240. The molecule has 2 heterocycles. The Labute approximate surface area is 155 Å². The fourth-order valence-electron chi connectivity index (χ4n) is 4.86. The van der Waals surface area contributed by atoms with Gasteiger partial charge in [-0.3, -0.25) is 4.79 Å². The van der Waals surface area contributed by atoms with E-state index in [2.05, 4.69) is 5.32 Å². The number of fused-ring (bicyclic) bond motifs is 1. The third kappa shape index (κ3) is 2.96. The molecule has 1 aliphatic carbocycles. The zero-order valence-corrected chi connectivity index (χ0v) is 15.9. The van der Waals surface area contributed by atoms with E-state index < -0.39 is 10.0 Å². The standard InChI is InChI=1S/C19H27N3O3S/c23-18(19-9-5-4-6-16(19)14-20-15-19)21-10-12-22(13-11-21)26(24,25)17-7-2-1-3-8-17/h1-3,7-8,16,20H,4-6,9-15H2/t16-,19+/m0/s1. The molecule has 6 nitrogen and oxygen atoms in total. The maximum Gasteiger partial charge on any atom is 0.243 e. The van der Waals surface area contributed by atoms with E-state index >= 15 is 0 Å². The van der Waals surface area contributed by atoms with Crippen LogP contribution in [0, 0.1) is 11.3 Å². The van der Waals surface area contributed by atoms with E-state index in [1.54, 1.807) is 24.3 Å². The molecule has 7 heteroatoms. The van der Waals surface area contributed by atoms with Crippen LogP contribution in [0.15, 0.2) is 35.2 Å². The molecule has 1 aromatic carbocycles. The molecule has 1 aromatic rings. The summed E-state index contributed by atoms with van der Waals surface area (Å²) in [7, 11) is -3.47. The van der Waals surface area contributed by atoms with Gasteiger partial charge in [-0.05, 0) is 37.4 Å². The minimum atomic E-state index is -3.47. The van der Waals surface area contributed by atoms with Crippen molar-refractivity contribution in [3.05, 3.63) is 30.3 Å². The highest BCUT2D eigenvalue weighted by atomic mass is 32.2. The van der Waals surface area contributed by atoms with Gasteiger partial charge in [0.05, 0.1) is 10.3 Å². The van der Waals surface area contributed by atoms with Crippen molar-refractivity contribution < 1.29 is 13.2 Å². The van der Waals surface area contributed by atoms with Crippen LogP contribution >= 0.6 is 0 Å². The Morgan fingerprint density at radius 2 is 1.81 bits per heavy atom. The monoisotopic (exact) mass is 377 g/mol. The number of carbonyl (C=O) groups is 1. The summed E-state index contributed by atoms with van der Waals surface area (Å²) in [6.07, 6.45) is 4.42. The van der Waals surface area contributed by atoms with Gasteiger partial charge in [-0.25, -0.2) is 8.42 Å². The number of nitrogens with zero attached hydrogens (tertiary/aromatic N) is 2. The summed E-state index contributed by atoms with van der Waals surface area (Å²) in [5.41, 5.74) is -0.251. The van der Waals surface area contributed by atoms with Crippen molar-refractivity contribution >= 4 is 15.9 Å². The van der Waals surface area contributed by atoms with Crippen LogP contribution in [0.2, 0.25) is 0 Å². The molecule has 1 saturated carbocycles. The van der Waals surface area contributed by atoms with Crippen molar-refractivity contribution in [2.45, 2.75) is 30.6 Å². The molecule has 4 rings (SSSR count). The number of amides is 1. The SMILES string of the molecule is O=C(N1CCN(S(=O)(=O)c2ccccc2)CC1)[C@@]12CCCC[C@H]1CNC2. The van der Waals surface area contributed by atoms with Gasteiger partial charge in [-0.15, -0.1) is 0 Å². The summed E-state index contributed by atoms with van der Waals surface area (Å²) in [5.74, 6) is 0.679. The second-order valence-electron chi connectivity index (χ2n) is 7.74. The van der Waals surface area contributed by atoms with E-state index in [-0.39, 0.29) is 11.3 Å². The quantitative estimate of drug-likeness (QED) is 0.862. The first-order chi connectivity index (χ1) is 12.5. The maximum absolute atomic E-state index is 13.3. The molecule has 1 amide bonds. The Morgan fingerprint density at radius 3 is 2.54 bits per heavy atom. The van der Waals surface area contributed by atoms with Crippen LogP contribution in [-0.2, 0) is 14.8 Å². The third-order valence-electron chi connectivity index (χ3n) is 6.37. The van der Waals surface area contributed by atoms with Gasteiger partial charge in [0, 0.05) is 32.7 Å². The van der Waals surface area contributed by atoms with E-state index in [0.29, 0.717) is 37.0 Å². The van der Waals surface area contributed by atoms with Crippen LogP contribution in [-0.4, -0.2) is 62.8 Å². The number of hydrogen-bond donors (Lipinski definition) is 1. The van der Waals surface area contributed by atoms with E-state index in [4.69, 9.17) is 0 Å². The molecular formula is C19H27N3O3S. The topological polar surface area (TPSA) is 69.7 Å². The predicted molar refractivity (Wildman–Crippen MR) is 99.0 cm³/mol. The lowest BCUT2D eigenvalue weighted by atomic mass is 9.67. The van der Waals surface area contributed by atoms with Crippen LogP contribution in [0.5, 0.6) is 0 Å². The maximum atomic E-state index is 13.3. The number of nitrogens with one attached hydrogen (secondary N) is 1. The van der Waals surface area contributed by atoms with E-state index in [1.807, 2.05) is 11.0 Å². The van der Waals surface area contributed by atoms with Crippen molar-refractivity contribution in [1.82, 2.24) is 14.5 Å². The second-order valence-corrected chi connectivity index (χ2v) is 9.68. The highest BCUT2D eigenvalue weighted by Gasteiger charge is 2.51. The molecular weight excluding hydrogens is 350 g/mol. The lowest BCUT2D eigenvalue weighted by Gasteiger charge is -2.43. The van der Waals surface area contributed by atoms with Crippen LogP contribution in [0.25, 0.3) is 0 Å². The number of sulfonamides is 1. The first kappa shape index (κ1) is 17.9. The summed E-state index contributed by atoms with van der Waals surface area (Å²) in [4.78, 5) is 15.5. The summed E-state index contributed by atoms with van der Waals surface area (Å²) in [6.45, 7) is 3.43. The van der Waals surface area contributed by atoms with E-state index in [1.165, 1.54) is 10.7 Å². The van der Waals surface area contributed by atoms with Gasteiger partial charge in [0.1, 0.15) is 0 Å². The van der Waals surface area contributed by atoms with Gasteiger partial charge in [0.2, 0.25) is 15.9 Å². The number of rotatable bonds is 3. The van der Waals surface area contributed by atoms with Gasteiger partial charge in [0.15, 0.2) is 0 Å². The first-order valence-corrected chi connectivity index (χ1v) is 11.0. The van der Waals surface area contributed by atoms with Crippen molar-refractivity contribution in [2.24, 2.45) is 11.3 Å². The number of benzene rings is 1. The minimum Gasteiger partial charge on any atom is -0.340 e. The van der Waals surface area contributed by atoms with Crippen LogP contribution < -0.4 is 5.32 Å². The zero-order valence-electron chi connectivity index (χ0n) is 15.1. The van der Waals surface area contributed by atoms with Gasteiger partial charge >= 0.3 is 0 Å². The highest BCUT2D eigenvalue weighted by molar-refractivity contribution is 7.89. The van der Waals surface area contributed by atoms with E-state index in [0.717, 1.165) is 32.4 Å². The van der Waals surface area contributed by atoms with Crippen molar-refractivity contribution in [1.29, 1.82) is 0 Å².